The molecule has 0 saturated heterocycles. The van der Waals surface area contributed by atoms with Crippen LogP contribution >= 0.6 is 0 Å². The Kier molecular flexibility index (Phi) is 4.52. The topological polar surface area (TPSA) is 108 Å². The lowest BCUT2D eigenvalue weighted by atomic mass is 10.1. The van der Waals surface area contributed by atoms with Gasteiger partial charge in [-0.05, 0) is 6.07 Å². The molecule has 7 nitrogen and oxygen atoms in total. The highest BCUT2D eigenvalue weighted by molar-refractivity contribution is 7.93. The van der Waals surface area contributed by atoms with Gasteiger partial charge in [0, 0.05) is 35.3 Å². The first kappa shape index (κ1) is 18.6. The van der Waals surface area contributed by atoms with Crippen molar-refractivity contribution in [1.82, 2.24) is 9.97 Å². The smallest absolute Gasteiger partial charge is 0.264 e. The van der Waals surface area contributed by atoms with Crippen molar-refractivity contribution in [1.29, 1.82) is 5.26 Å². The molecule has 0 aliphatic heterocycles. The Morgan fingerprint density at radius 2 is 2.03 bits per heavy atom. The van der Waals surface area contributed by atoms with E-state index < -0.39 is 39.7 Å². The van der Waals surface area contributed by atoms with Gasteiger partial charge in [0.2, 0.25) is 0 Å². The number of nitrogens with one attached hydrogen (secondary N) is 2. The number of H-pyrrole nitrogens is 1. The first-order chi connectivity index (χ1) is 13.9. The standard InChI is InChI=1S/C19H12F2N4O3S/c20-13-9-16(28-7-5-22)14(21)8-15(13)25-29(26,27)17-10-24-19-12(17)4-3-11-2-1-6-23-18(11)19/h1-4,6,8-10,23,25H,7H2. The fourth-order valence-electron chi connectivity index (χ4n) is 2.95. The minimum Gasteiger partial charge on any atom is -0.476 e. The van der Waals surface area contributed by atoms with Gasteiger partial charge in [-0.1, -0.05) is 18.2 Å². The van der Waals surface area contributed by atoms with E-state index in [9.17, 15) is 17.2 Å². The molecule has 0 spiro atoms. The molecule has 0 atom stereocenters. The number of aromatic amines is 1. The molecule has 2 heterocycles. The second-order valence-corrected chi connectivity index (χ2v) is 7.68. The largest absolute Gasteiger partial charge is 0.476 e. The first-order valence-electron chi connectivity index (χ1n) is 8.27. The third-order valence-electron chi connectivity index (χ3n) is 4.23. The van der Waals surface area contributed by atoms with E-state index in [4.69, 9.17) is 10.00 Å². The summed E-state index contributed by atoms with van der Waals surface area (Å²) in [5, 5.41) is 9.64. The number of benzene rings is 2. The molecule has 0 fully saturated rings. The lowest BCUT2D eigenvalue weighted by Crippen LogP contribution is -2.14. The summed E-state index contributed by atoms with van der Waals surface area (Å²) in [6, 6.07) is 9.94. The summed E-state index contributed by atoms with van der Waals surface area (Å²) in [6.45, 7) is -0.475. The Morgan fingerprint density at radius 1 is 1.21 bits per heavy atom. The summed E-state index contributed by atoms with van der Waals surface area (Å²) < 4.78 is 60.7. The zero-order chi connectivity index (χ0) is 20.6. The summed E-state index contributed by atoms with van der Waals surface area (Å²) in [7, 11) is -4.26. The number of ether oxygens (including phenoxy) is 1. The maximum absolute atomic E-state index is 14.3. The minimum atomic E-state index is -4.26. The second-order valence-electron chi connectivity index (χ2n) is 6.03. The van der Waals surface area contributed by atoms with Crippen molar-refractivity contribution in [2.45, 2.75) is 4.90 Å². The normalized spacial score (nSPS) is 11.5. The van der Waals surface area contributed by atoms with Crippen LogP contribution in [0.1, 0.15) is 0 Å². The van der Waals surface area contributed by atoms with Gasteiger partial charge in [0.1, 0.15) is 11.0 Å². The number of halogens is 2. The number of hydrogen-bond acceptors (Lipinski definition) is 5. The van der Waals surface area contributed by atoms with E-state index in [0.717, 1.165) is 11.6 Å². The Bertz CT molecular complexity index is 1390. The number of pyridine rings is 1. The molecule has 0 unspecified atom stereocenters. The number of sulfonamides is 1. The number of fused-ring (bicyclic) bond motifs is 3. The van der Waals surface area contributed by atoms with Gasteiger partial charge >= 0.3 is 0 Å². The third kappa shape index (κ3) is 3.32. The van der Waals surface area contributed by atoms with Gasteiger partial charge in [-0.2, -0.15) is 5.26 Å². The van der Waals surface area contributed by atoms with Crippen LogP contribution < -0.4 is 9.46 Å². The van der Waals surface area contributed by atoms with E-state index in [1.165, 1.54) is 0 Å². The summed E-state index contributed by atoms with van der Waals surface area (Å²) in [6.07, 6.45) is 2.85. The molecule has 4 rings (SSSR count). The highest BCUT2D eigenvalue weighted by Crippen LogP contribution is 2.31. The molecule has 0 radical (unpaired) electrons. The van der Waals surface area contributed by atoms with Gasteiger partial charge in [-0.15, -0.1) is 0 Å². The van der Waals surface area contributed by atoms with Crippen LogP contribution in [0.4, 0.5) is 14.5 Å². The molecule has 0 aliphatic rings. The minimum absolute atomic E-state index is 0.170. The summed E-state index contributed by atoms with van der Waals surface area (Å²) in [5.74, 6) is -2.55. The van der Waals surface area contributed by atoms with E-state index in [1.54, 1.807) is 30.5 Å². The van der Waals surface area contributed by atoms with E-state index in [-0.39, 0.29) is 4.90 Å². The van der Waals surface area contributed by atoms with Crippen LogP contribution in [0.2, 0.25) is 0 Å². The number of nitrogens with zero attached hydrogens (tertiary/aromatic N) is 2. The molecule has 29 heavy (non-hydrogen) atoms. The highest BCUT2D eigenvalue weighted by Gasteiger charge is 2.23. The molecular weight excluding hydrogens is 402 g/mol. The quantitative estimate of drug-likeness (QED) is 0.518. The molecule has 2 aromatic carbocycles. The van der Waals surface area contributed by atoms with Crippen molar-refractivity contribution < 1.29 is 21.9 Å². The van der Waals surface area contributed by atoms with Gasteiger partial charge < -0.3 is 9.72 Å². The Hall–Kier alpha value is -3.71. The van der Waals surface area contributed by atoms with E-state index in [0.29, 0.717) is 28.6 Å². The molecule has 4 aromatic rings. The fraction of sp³-hybridized carbons (Fsp3) is 0.0526. The van der Waals surface area contributed by atoms with Gasteiger partial charge in [0.05, 0.1) is 16.7 Å². The fourth-order valence-corrected chi connectivity index (χ4v) is 4.15. The molecule has 146 valence electrons. The molecule has 0 aliphatic carbocycles. The first-order valence-corrected chi connectivity index (χ1v) is 9.75. The van der Waals surface area contributed by atoms with E-state index >= 15 is 0 Å². The summed E-state index contributed by atoms with van der Waals surface area (Å²) >= 11 is 0. The Morgan fingerprint density at radius 3 is 2.83 bits per heavy atom. The molecule has 2 aromatic heterocycles. The lowest BCUT2D eigenvalue weighted by molar-refractivity contribution is 0.344. The number of aromatic nitrogens is 2. The molecule has 10 heteroatoms. The zero-order valence-electron chi connectivity index (χ0n) is 14.6. The SMILES string of the molecule is N#CCOc1cc(F)c(NS(=O)(=O)c2cnc3c2ccc2ccc[nH]c23)cc1F. The van der Waals surface area contributed by atoms with Crippen molar-refractivity contribution in [3.63, 3.8) is 0 Å². The molecule has 0 saturated carbocycles. The monoisotopic (exact) mass is 414 g/mol. The van der Waals surface area contributed by atoms with Gasteiger partial charge in [0.15, 0.2) is 24.0 Å². The number of nitriles is 1. The van der Waals surface area contributed by atoms with Crippen LogP contribution in [-0.2, 0) is 10.0 Å². The van der Waals surface area contributed by atoms with Crippen LogP contribution in [-0.4, -0.2) is 25.0 Å². The maximum Gasteiger partial charge on any atom is 0.264 e. The Labute approximate surface area is 163 Å². The van der Waals surface area contributed by atoms with Gasteiger partial charge in [-0.3, -0.25) is 9.71 Å². The Balaban J connectivity index is 1.74. The molecule has 0 amide bonds. The molecule has 2 N–H and O–H groups in total. The van der Waals surface area contributed by atoms with Crippen LogP contribution in [0.5, 0.6) is 5.75 Å². The number of hydrogen-bond donors (Lipinski definition) is 2. The number of anilines is 1. The molecule has 0 bridgehead atoms. The van der Waals surface area contributed by atoms with E-state index in [2.05, 4.69) is 9.97 Å². The summed E-state index contributed by atoms with van der Waals surface area (Å²) in [4.78, 5) is 7.03. The maximum atomic E-state index is 14.3. The van der Waals surface area contributed by atoms with Gasteiger partial charge in [-0.25, -0.2) is 17.2 Å². The van der Waals surface area contributed by atoms with E-state index in [1.807, 2.05) is 10.8 Å². The average molecular weight is 414 g/mol. The average Bonchev–Trinajstić information content (AvgIpc) is 3.15. The third-order valence-corrected chi connectivity index (χ3v) is 5.63. The summed E-state index contributed by atoms with van der Waals surface area (Å²) in [5.41, 5.74) is 0.506. The van der Waals surface area contributed by atoms with Crippen molar-refractivity contribution in [3.05, 3.63) is 60.4 Å². The van der Waals surface area contributed by atoms with Crippen molar-refractivity contribution >= 4 is 37.5 Å². The van der Waals surface area contributed by atoms with Crippen molar-refractivity contribution in [3.8, 4) is 11.8 Å². The zero-order valence-corrected chi connectivity index (χ0v) is 15.4. The predicted molar refractivity (Wildman–Crippen MR) is 102 cm³/mol. The van der Waals surface area contributed by atoms with Crippen LogP contribution in [0, 0.1) is 23.0 Å². The van der Waals surface area contributed by atoms with Crippen molar-refractivity contribution in [2.24, 2.45) is 0 Å². The highest BCUT2D eigenvalue weighted by atomic mass is 32.2. The number of rotatable bonds is 5. The predicted octanol–water partition coefficient (Wildman–Crippen LogP) is 3.70. The van der Waals surface area contributed by atoms with Crippen molar-refractivity contribution in [2.75, 3.05) is 11.3 Å². The lowest BCUT2D eigenvalue weighted by Gasteiger charge is -2.11. The second kappa shape index (κ2) is 7.03. The van der Waals surface area contributed by atoms with Crippen LogP contribution in [0.15, 0.2) is 53.7 Å². The van der Waals surface area contributed by atoms with Crippen LogP contribution in [0.25, 0.3) is 21.8 Å². The van der Waals surface area contributed by atoms with Gasteiger partial charge in [0.25, 0.3) is 10.0 Å². The van der Waals surface area contributed by atoms with Crippen LogP contribution in [0.3, 0.4) is 0 Å². The molecular formula is C19H12F2N4O3S.